The zero-order valence-electron chi connectivity index (χ0n) is 10.7. The van der Waals surface area contributed by atoms with Gasteiger partial charge < -0.3 is 15.4 Å². The molecule has 1 rings (SSSR count). The average molecular weight is 252 g/mol. The van der Waals surface area contributed by atoms with Crippen LogP contribution in [0.25, 0.3) is 0 Å². The molecule has 4 heteroatoms. The molecule has 0 unspecified atom stereocenters. The van der Waals surface area contributed by atoms with Crippen molar-refractivity contribution < 1.29 is 4.74 Å². The summed E-state index contributed by atoms with van der Waals surface area (Å²) in [6.07, 6.45) is 2.31. The van der Waals surface area contributed by atoms with Crippen molar-refractivity contribution in [1.82, 2.24) is 0 Å². The third-order valence-electron chi connectivity index (χ3n) is 2.73. The van der Waals surface area contributed by atoms with Crippen LogP contribution in [0.2, 0.25) is 0 Å². The predicted octanol–water partition coefficient (Wildman–Crippen LogP) is 2.57. The van der Waals surface area contributed by atoms with Crippen LogP contribution in [0.3, 0.4) is 0 Å². The Morgan fingerprint density at radius 3 is 2.71 bits per heavy atom. The van der Waals surface area contributed by atoms with Gasteiger partial charge in [0.05, 0.1) is 12.8 Å². The topological polar surface area (TPSA) is 38.5 Å². The number of hydrogen-bond donors (Lipinski definition) is 1. The van der Waals surface area contributed by atoms with Crippen LogP contribution in [-0.4, -0.2) is 25.7 Å². The molecule has 0 amide bonds. The van der Waals surface area contributed by atoms with Gasteiger partial charge in [0.1, 0.15) is 10.7 Å². The largest absolute Gasteiger partial charge is 0.497 e. The standard InChI is InChI=1S/C13H20N2OS/c1-4-5-8-15(2)12-9-10(16-3)6-7-11(12)13(14)17/h6-7,9H,4-5,8H2,1-3H3,(H2,14,17). The van der Waals surface area contributed by atoms with E-state index >= 15 is 0 Å². The predicted molar refractivity (Wildman–Crippen MR) is 77.1 cm³/mol. The van der Waals surface area contributed by atoms with E-state index in [2.05, 4.69) is 11.8 Å². The van der Waals surface area contributed by atoms with Crippen molar-refractivity contribution in [3.8, 4) is 5.75 Å². The summed E-state index contributed by atoms with van der Waals surface area (Å²) in [5, 5.41) is 0. The van der Waals surface area contributed by atoms with Gasteiger partial charge in [-0.25, -0.2) is 0 Å². The Bertz CT molecular complexity index is 393. The first-order valence-electron chi connectivity index (χ1n) is 5.79. The smallest absolute Gasteiger partial charge is 0.120 e. The fraction of sp³-hybridized carbons (Fsp3) is 0.462. The Kier molecular flexibility index (Phi) is 5.22. The number of benzene rings is 1. The van der Waals surface area contributed by atoms with E-state index in [4.69, 9.17) is 22.7 Å². The van der Waals surface area contributed by atoms with Gasteiger partial charge in [-0.15, -0.1) is 0 Å². The molecule has 0 atom stereocenters. The Labute approximate surface area is 109 Å². The summed E-state index contributed by atoms with van der Waals surface area (Å²) < 4.78 is 5.23. The second-order valence-electron chi connectivity index (χ2n) is 4.02. The number of rotatable bonds is 6. The highest BCUT2D eigenvalue weighted by molar-refractivity contribution is 7.80. The van der Waals surface area contributed by atoms with Crippen molar-refractivity contribution in [3.05, 3.63) is 23.8 Å². The molecule has 0 aromatic heterocycles. The quantitative estimate of drug-likeness (QED) is 0.790. The van der Waals surface area contributed by atoms with Crippen LogP contribution < -0.4 is 15.4 Å². The lowest BCUT2D eigenvalue weighted by molar-refractivity contribution is 0.415. The third-order valence-corrected chi connectivity index (χ3v) is 2.95. The maximum atomic E-state index is 5.74. The molecule has 0 saturated carbocycles. The fourth-order valence-corrected chi connectivity index (χ4v) is 1.85. The minimum atomic E-state index is 0.422. The van der Waals surface area contributed by atoms with Gasteiger partial charge in [-0.05, 0) is 18.6 Å². The van der Waals surface area contributed by atoms with Crippen molar-refractivity contribution in [2.75, 3.05) is 25.6 Å². The van der Waals surface area contributed by atoms with Crippen molar-refractivity contribution >= 4 is 22.9 Å². The molecule has 0 radical (unpaired) electrons. The summed E-state index contributed by atoms with van der Waals surface area (Å²) in [4.78, 5) is 2.59. The molecule has 0 bridgehead atoms. The van der Waals surface area contributed by atoms with Crippen LogP contribution in [-0.2, 0) is 0 Å². The molecule has 2 N–H and O–H groups in total. The van der Waals surface area contributed by atoms with Crippen molar-refractivity contribution in [3.63, 3.8) is 0 Å². The molecule has 0 aliphatic rings. The highest BCUT2D eigenvalue weighted by Crippen LogP contribution is 2.25. The number of nitrogens with zero attached hydrogens (tertiary/aromatic N) is 1. The molecule has 0 aliphatic heterocycles. The van der Waals surface area contributed by atoms with E-state index < -0.39 is 0 Å². The van der Waals surface area contributed by atoms with Crippen molar-refractivity contribution in [2.45, 2.75) is 19.8 Å². The second kappa shape index (κ2) is 6.45. The van der Waals surface area contributed by atoms with E-state index in [1.165, 1.54) is 0 Å². The Morgan fingerprint density at radius 2 is 2.18 bits per heavy atom. The van der Waals surface area contributed by atoms with Crippen LogP contribution in [0.1, 0.15) is 25.3 Å². The Balaban J connectivity index is 3.03. The minimum absolute atomic E-state index is 0.422. The van der Waals surface area contributed by atoms with Crippen LogP contribution in [0, 0.1) is 0 Å². The molecule has 0 heterocycles. The van der Waals surface area contributed by atoms with E-state index in [-0.39, 0.29) is 0 Å². The lowest BCUT2D eigenvalue weighted by Gasteiger charge is -2.22. The summed E-state index contributed by atoms with van der Waals surface area (Å²) >= 11 is 5.07. The zero-order valence-corrected chi connectivity index (χ0v) is 11.5. The van der Waals surface area contributed by atoms with E-state index in [0.717, 1.165) is 36.4 Å². The van der Waals surface area contributed by atoms with Gasteiger partial charge in [-0.3, -0.25) is 0 Å². The van der Waals surface area contributed by atoms with E-state index in [0.29, 0.717) is 4.99 Å². The monoisotopic (exact) mass is 252 g/mol. The highest BCUT2D eigenvalue weighted by atomic mass is 32.1. The van der Waals surface area contributed by atoms with Gasteiger partial charge in [-0.2, -0.15) is 0 Å². The normalized spacial score (nSPS) is 10.1. The number of unbranched alkanes of at least 4 members (excludes halogenated alkanes) is 1. The summed E-state index contributed by atoms with van der Waals surface area (Å²) in [5.41, 5.74) is 7.67. The summed E-state index contributed by atoms with van der Waals surface area (Å²) in [7, 11) is 3.71. The summed E-state index contributed by atoms with van der Waals surface area (Å²) in [5.74, 6) is 0.823. The zero-order chi connectivity index (χ0) is 12.8. The van der Waals surface area contributed by atoms with E-state index in [9.17, 15) is 0 Å². The number of hydrogen-bond acceptors (Lipinski definition) is 3. The lowest BCUT2D eigenvalue weighted by Crippen LogP contribution is -2.22. The molecule has 1 aromatic carbocycles. The molecule has 94 valence electrons. The molecule has 1 aromatic rings. The van der Waals surface area contributed by atoms with Crippen molar-refractivity contribution in [2.24, 2.45) is 5.73 Å². The first kappa shape index (κ1) is 13.8. The van der Waals surface area contributed by atoms with Gasteiger partial charge in [0.15, 0.2) is 0 Å². The fourth-order valence-electron chi connectivity index (χ4n) is 1.68. The first-order chi connectivity index (χ1) is 8.10. The van der Waals surface area contributed by atoms with E-state index in [1.54, 1.807) is 7.11 Å². The number of nitrogens with two attached hydrogens (primary N) is 1. The van der Waals surface area contributed by atoms with Crippen LogP contribution in [0.5, 0.6) is 5.75 Å². The van der Waals surface area contributed by atoms with Gasteiger partial charge in [0, 0.05) is 25.2 Å². The van der Waals surface area contributed by atoms with Crippen LogP contribution in [0.4, 0.5) is 5.69 Å². The second-order valence-corrected chi connectivity index (χ2v) is 4.46. The highest BCUT2D eigenvalue weighted by Gasteiger charge is 2.10. The maximum absolute atomic E-state index is 5.74. The Hall–Kier alpha value is -1.29. The van der Waals surface area contributed by atoms with Gasteiger partial charge in [0.2, 0.25) is 0 Å². The number of anilines is 1. The Morgan fingerprint density at radius 1 is 1.47 bits per heavy atom. The average Bonchev–Trinajstić information content (AvgIpc) is 2.34. The molecule has 3 nitrogen and oxygen atoms in total. The summed E-state index contributed by atoms with van der Waals surface area (Å²) in [6.45, 7) is 3.16. The molecular formula is C13H20N2OS. The summed E-state index contributed by atoms with van der Waals surface area (Å²) in [6, 6.07) is 5.77. The maximum Gasteiger partial charge on any atom is 0.120 e. The van der Waals surface area contributed by atoms with Gasteiger partial charge >= 0.3 is 0 Å². The number of methoxy groups -OCH3 is 1. The van der Waals surface area contributed by atoms with Crippen LogP contribution in [0.15, 0.2) is 18.2 Å². The van der Waals surface area contributed by atoms with E-state index in [1.807, 2.05) is 25.2 Å². The first-order valence-corrected chi connectivity index (χ1v) is 6.20. The lowest BCUT2D eigenvalue weighted by atomic mass is 10.1. The number of ether oxygens (including phenoxy) is 1. The molecule has 0 fully saturated rings. The molecule has 17 heavy (non-hydrogen) atoms. The number of thiocarbonyl (C=S) groups is 1. The minimum Gasteiger partial charge on any atom is -0.497 e. The third kappa shape index (κ3) is 3.60. The molecular weight excluding hydrogens is 232 g/mol. The SMILES string of the molecule is CCCCN(C)c1cc(OC)ccc1C(N)=S. The van der Waals surface area contributed by atoms with Crippen LogP contribution >= 0.6 is 12.2 Å². The molecule has 0 saturated heterocycles. The van der Waals surface area contributed by atoms with Crippen molar-refractivity contribution in [1.29, 1.82) is 0 Å². The molecule has 0 aliphatic carbocycles. The van der Waals surface area contributed by atoms with Gasteiger partial charge in [0.25, 0.3) is 0 Å². The molecule has 0 spiro atoms. The van der Waals surface area contributed by atoms with Gasteiger partial charge in [-0.1, -0.05) is 25.6 Å².